The first-order chi connectivity index (χ1) is 8.25. The number of benzene rings is 1. The molecule has 83 valence electrons. The third-order valence-corrected chi connectivity index (χ3v) is 2.83. The SMILES string of the molecule is Fc1ccc[c]c1-c1ccc2ncc(Cl)n2c1. The molecule has 1 radical (unpaired) electrons. The molecule has 2 nitrogen and oxygen atoms in total. The summed E-state index contributed by atoms with van der Waals surface area (Å²) in [4.78, 5) is 4.10. The van der Waals surface area contributed by atoms with Crippen LogP contribution in [-0.4, -0.2) is 9.38 Å². The summed E-state index contributed by atoms with van der Waals surface area (Å²) in [6, 6.07) is 11.2. The maximum atomic E-state index is 13.6. The minimum Gasteiger partial charge on any atom is -0.290 e. The maximum Gasteiger partial charge on any atom is 0.137 e. The van der Waals surface area contributed by atoms with E-state index in [0.717, 1.165) is 11.2 Å². The summed E-state index contributed by atoms with van der Waals surface area (Å²) in [5.41, 5.74) is 1.88. The van der Waals surface area contributed by atoms with Gasteiger partial charge in [-0.3, -0.25) is 4.40 Å². The molecule has 0 unspecified atom stereocenters. The summed E-state index contributed by atoms with van der Waals surface area (Å²) in [6.07, 6.45) is 3.31. The van der Waals surface area contributed by atoms with Gasteiger partial charge in [-0.05, 0) is 24.3 Å². The summed E-state index contributed by atoms with van der Waals surface area (Å²) >= 11 is 5.97. The molecule has 2 aromatic heterocycles. The Bertz CT molecular complexity index is 691. The second-order valence-electron chi connectivity index (χ2n) is 3.62. The lowest BCUT2D eigenvalue weighted by atomic mass is 10.1. The Balaban J connectivity index is 2.24. The van der Waals surface area contributed by atoms with Crippen LogP contribution in [0.1, 0.15) is 0 Å². The van der Waals surface area contributed by atoms with Gasteiger partial charge in [0.1, 0.15) is 16.6 Å². The molecule has 3 aromatic rings. The molecule has 0 amide bonds. The molecule has 0 spiro atoms. The Morgan fingerprint density at radius 3 is 3.00 bits per heavy atom. The van der Waals surface area contributed by atoms with Crippen LogP contribution in [0.25, 0.3) is 16.8 Å². The van der Waals surface area contributed by atoms with Gasteiger partial charge in [0, 0.05) is 17.3 Å². The molecule has 0 aliphatic rings. The summed E-state index contributed by atoms with van der Waals surface area (Å²) in [6.45, 7) is 0. The van der Waals surface area contributed by atoms with Crippen LogP contribution < -0.4 is 0 Å². The first-order valence-corrected chi connectivity index (χ1v) is 5.43. The fraction of sp³-hybridized carbons (Fsp3) is 0. The number of imidazole rings is 1. The molecule has 17 heavy (non-hydrogen) atoms. The minimum absolute atomic E-state index is 0.303. The van der Waals surface area contributed by atoms with Gasteiger partial charge < -0.3 is 0 Å². The van der Waals surface area contributed by atoms with Gasteiger partial charge in [0.15, 0.2) is 0 Å². The van der Waals surface area contributed by atoms with Crippen molar-refractivity contribution in [3.8, 4) is 11.1 Å². The van der Waals surface area contributed by atoms with Gasteiger partial charge in [0.05, 0.1) is 6.20 Å². The summed E-state index contributed by atoms with van der Waals surface area (Å²) in [7, 11) is 0. The van der Waals surface area contributed by atoms with E-state index >= 15 is 0 Å². The predicted molar refractivity (Wildman–Crippen MR) is 64.4 cm³/mol. The van der Waals surface area contributed by atoms with Gasteiger partial charge in [-0.1, -0.05) is 23.7 Å². The zero-order chi connectivity index (χ0) is 11.8. The molecule has 0 fully saturated rings. The van der Waals surface area contributed by atoms with E-state index in [2.05, 4.69) is 11.1 Å². The predicted octanol–water partition coefficient (Wildman–Crippen LogP) is 3.59. The third-order valence-electron chi connectivity index (χ3n) is 2.55. The second kappa shape index (κ2) is 3.86. The van der Waals surface area contributed by atoms with Crippen LogP contribution in [0, 0.1) is 11.9 Å². The zero-order valence-corrected chi connectivity index (χ0v) is 9.45. The lowest BCUT2D eigenvalue weighted by molar-refractivity contribution is 0.631. The quantitative estimate of drug-likeness (QED) is 0.640. The fourth-order valence-corrected chi connectivity index (χ4v) is 1.92. The highest BCUT2D eigenvalue weighted by atomic mass is 35.5. The molecule has 0 aliphatic heterocycles. The van der Waals surface area contributed by atoms with Crippen LogP contribution >= 0.6 is 11.6 Å². The number of pyridine rings is 1. The molecule has 0 saturated heterocycles. The molecule has 0 bridgehead atoms. The largest absolute Gasteiger partial charge is 0.290 e. The van der Waals surface area contributed by atoms with E-state index < -0.39 is 0 Å². The molecule has 0 aliphatic carbocycles. The van der Waals surface area contributed by atoms with E-state index in [9.17, 15) is 4.39 Å². The van der Waals surface area contributed by atoms with E-state index in [4.69, 9.17) is 11.6 Å². The van der Waals surface area contributed by atoms with Crippen molar-refractivity contribution in [3.63, 3.8) is 0 Å². The van der Waals surface area contributed by atoms with Crippen LogP contribution in [0.3, 0.4) is 0 Å². The Labute approximate surface area is 102 Å². The fourth-order valence-electron chi connectivity index (χ4n) is 1.74. The molecular formula is C13H7ClFN2. The van der Waals surface area contributed by atoms with Crippen LogP contribution in [-0.2, 0) is 0 Å². The van der Waals surface area contributed by atoms with E-state index in [0.29, 0.717) is 10.7 Å². The Hall–Kier alpha value is -1.87. The van der Waals surface area contributed by atoms with E-state index in [-0.39, 0.29) is 5.82 Å². The molecule has 0 saturated carbocycles. The number of nitrogens with zero attached hydrogens (tertiary/aromatic N) is 2. The lowest BCUT2D eigenvalue weighted by Gasteiger charge is -2.04. The number of rotatable bonds is 1. The number of fused-ring (bicyclic) bond motifs is 1. The van der Waals surface area contributed by atoms with Gasteiger partial charge in [0.25, 0.3) is 0 Å². The van der Waals surface area contributed by atoms with Crippen molar-refractivity contribution in [2.24, 2.45) is 0 Å². The first-order valence-electron chi connectivity index (χ1n) is 5.05. The first kappa shape index (κ1) is 10.3. The Morgan fingerprint density at radius 2 is 2.18 bits per heavy atom. The van der Waals surface area contributed by atoms with E-state index in [1.54, 1.807) is 41.1 Å². The van der Waals surface area contributed by atoms with Gasteiger partial charge >= 0.3 is 0 Å². The Kier molecular flexibility index (Phi) is 2.34. The van der Waals surface area contributed by atoms with E-state index in [1.807, 2.05) is 0 Å². The Morgan fingerprint density at radius 1 is 1.29 bits per heavy atom. The van der Waals surface area contributed by atoms with Gasteiger partial charge in [-0.25, -0.2) is 9.37 Å². The molecule has 1 aromatic carbocycles. The highest BCUT2D eigenvalue weighted by Crippen LogP contribution is 2.23. The average molecular weight is 246 g/mol. The maximum absolute atomic E-state index is 13.6. The highest BCUT2D eigenvalue weighted by Gasteiger charge is 2.07. The van der Waals surface area contributed by atoms with Crippen LogP contribution in [0.2, 0.25) is 5.15 Å². The normalized spacial score (nSPS) is 10.9. The average Bonchev–Trinajstić information content (AvgIpc) is 2.71. The number of halogens is 2. The number of hydrogen-bond donors (Lipinski definition) is 0. The van der Waals surface area contributed by atoms with Gasteiger partial charge in [-0.2, -0.15) is 0 Å². The van der Waals surface area contributed by atoms with Crippen molar-refractivity contribution in [1.29, 1.82) is 0 Å². The molecule has 3 rings (SSSR count). The van der Waals surface area contributed by atoms with Crippen LogP contribution in [0.4, 0.5) is 4.39 Å². The molecule has 2 heterocycles. The second-order valence-corrected chi connectivity index (χ2v) is 4.01. The van der Waals surface area contributed by atoms with Crippen LogP contribution in [0.15, 0.2) is 42.7 Å². The van der Waals surface area contributed by atoms with Crippen molar-refractivity contribution >= 4 is 17.2 Å². The minimum atomic E-state index is -0.303. The number of aromatic nitrogens is 2. The zero-order valence-electron chi connectivity index (χ0n) is 8.69. The molecule has 0 N–H and O–H groups in total. The summed E-state index contributed by atoms with van der Waals surface area (Å²) < 4.78 is 15.3. The van der Waals surface area contributed by atoms with E-state index in [1.165, 1.54) is 6.07 Å². The van der Waals surface area contributed by atoms with Crippen molar-refractivity contribution in [1.82, 2.24) is 9.38 Å². The summed E-state index contributed by atoms with van der Waals surface area (Å²) in [5, 5.41) is 0.498. The standard InChI is InChI=1S/C13H7ClFN2/c14-12-7-16-13-6-5-9(8-17(12)13)10-3-1-2-4-11(10)15/h1-2,4-8H. The van der Waals surface area contributed by atoms with Crippen LogP contribution in [0.5, 0.6) is 0 Å². The smallest absolute Gasteiger partial charge is 0.137 e. The lowest BCUT2D eigenvalue weighted by Crippen LogP contribution is -1.89. The van der Waals surface area contributed by atoms with Gasteiger partial charge in [0.2, 0.25) is 0 Å². The number of hydrogen-bond acceptors (Lipinski definition) is 1. The van der Waals surface area contributed by atoms with Crippen molar-refractivity contribution in [3.05, 3.63) is 59.8 Å². The van der Waals surface area contributed by atoms with Crippen molar-refractivity contribution in [2.75, 3.05) is 0 Å². The molecule has 4 heteroatoms. The topological polar surface area (TPSA) is 17.3 Å². The van der Waals surface area contributed by atoms with Gasteiger partial charge in [-0.15, -0.1) is 0 Å². The monoisotopic (exact) mass is 245 g/mol. The van der Waals surface area contributed by atoms with Crippen molar-refractivity contribution in [2.45, 2.75) is 0 Å². The summed E-state index contributed by atoms with van der Waals surface area (Å²) in [5.74, 6) is -0.303. The molecule has 0 atom stereocenters. The molecular weight excluding hydrogens is 239 g/mol. The highest BCUT2D eigenvalue weighted by molar-refractivity contribution is 6.29. The van der Waals surface area contributed by atoms with Crippen molar-refractivity contribution < 1.29 is 4.39 Å². The third kappa shape index (κ3) is 1.68.